The maximum atomic E-state index is 12.4. The fourth-order valence-electron chi connectivity index (χ4n) is 3.29. The van der Waals surface area contributed by atoms with Crippen LogP contribution in [0.2, 0.25) is 0 Å². The molecule has 0 spiro atoms. The van der Waals surface area contributed by atoms with Gasteiger partial charge in [-0.15, -0.1) is 0 Å². The molecule has 0 bridgehead atoms. The van der Waals surface area contributed by atoms with Gasteiger partial charge in [0.25, 0.3) is 5.91 Å². The van der Waals surface area contributed by atoms with E-state index >= 15 is 0 Å². The molecule has 0 atom stereocenters. The lowest BCUT2D eigenvalue weighted by molar-refractivity contribution is -0.159. The molecule has 2 aromatic rings. The SMILES string of the molecule is CC(C)CC(=O)N1CCN(C(=O)COc2ccc(-c3ccccc3)cc2)CC1.O=C(O)C(=O)O. The first-order chi connectivity index (χ1) is 16.2. The first-order valence-electron chi connectivity index (χ1n) is 11.0. The van der Waals surface area contributed by atoms with Gasteiger partial charge in [0, 0.05) is 32.6 Å². The Morgan fingerprint density at radius 3 is 1.71 bits per heavy atom. The first kappa shape index (κ1) is 26.4. The van der Waals surface area contributed by atoms with Crippen LogP contribution in [-0.4, -0.2) is 76.6 Å². The monoisotopic (exact) mass is 470 g/mol. The minimum Gasteiger partial charge on any atom is -0.484 e. The van der Waals surface area contributed by atoms with Crippen LogP contribution in [0.15, 0.2) is 54.6 Å². The van der Waals surface area contributed by atoms with Crippen molar-refractivity contribution in [2.75, 3.05) is 32.8 Å². The molecule has 0 saturated carbocycles. The van der Waals surface area contributed by atoms with E-state index in [1.54, 1.807) is 4.90 Å². The van der Waals surface area contributed by atoms with Crippen molar-refractivity contribution in [2.45, 2.75) is 20.3 Å². The Morgan fingerprint density at radius 1 is 0.765 bits per heavy atom. The van der Waals surface area contributed by atoms with E-state index in [1.165, 1.54) is 0 Å². The van der Waals surface area contributed by atoms with Gasteiger partial charge in [-0.05, 0) is 29.2 Å². The van der Waals surface area contributed by atoms with Gasteiger partial charge in [-0.25, -0.2) is 9.59 Å². The normalized spacial score (nSPS) is 13.0. The molecule has 2 aromatic carbocycles. The van der Waals surface area contributed by atoms with E-state index in [2.05, 4.69) is 12.1 Å². The van der Waals surface area contributed by atoms with Crippen LogP contribution in [0.1, 0.15) is 20.3 Å². The Kier molecular flexibility index (Phi) is 10.1. The zero-order valence-electron chi connectivity index (χ0n) is 19.3. The predicted molar refractivity (Wildman–Crippen MR) is 125 cm³/mol. The summed E-state index contributed by atoms with van der Waals surface area (Å²) in [6.45, 7) is 6.44. The largest absolute Gasteiger partial charge is 0.484 e. The molecular weight excluding hydrogens is 440 g/mol. The van der Waals surface area contributed by atoms with Crippen molar-refractivity contribution in [3.05, 3.63) is 54.6 Å². The van der Waals surface area contributed by atoms with Crippen LogP contribution in [0.4, 0.5) is 0 Å². The molecule has 0 aliphatic carbocycles. The summed E-state index contributed by atoms with van der Waals surface area (Å²) in [6, 6.07) is 17.9. The summed E-state index contributed by atoms with van der Waals surface area (Å²) in [4.78, 5) is 46.4. The zero-order chi connectivity index (χ0) is 25.1. The van der Waals surface area contributed by atoms with Crippen molar-refractivity contribution in [1.29, 1.82) is 0 Å². The maximum absolute atomic E-state index is 12.4. The third-order valence-corrected chi connectivity index (χ3v) is 5.07. The highest BCUT2D eigenvalue weighted by molar-refractivity contribution is 6.27. The number of carbonyl (C=O) groups excluding carboxylic acids is 2. The first-order valence-corrected chi connectivity index (χ1v) is 11.0. The average molecular weight is 471 g/mol. The Balaban J connectivity index is 0.000000604. The van der Waals surface area contributed by atoms with Crippen molar-refractivity contribution in [3.63, 3.8) is 0 Å². The van der Waals surface area contributed by atoms with Crippen molar-refractivity contribution < 1.29 is 34.1 Å². The minimum absolute atomic E-state index is 0.0185. The smallest absolute Gasteiger partial charge is 0.414 e. The van der Waals surface area contributed by atoms with Crippen LogP contribution in [0.25, 0.3) is 11.1 Å². The van der Waals surface area contributed by atoms with Gasteiger partial charge in [0.1, 0.15) is 5.75 Å². The van der Waals surface area contributed by atoms with Crippen molar-refractivity contribution >= 4 is 23.8 Å². The summed E-state index contributed by atoms with van der Waals surface area (Å²) in [5.74, 6) is -2.47. The molecule has 1 aliphatic rings. The zero-order valence-corrected chi connectivity index (χ0v) is 19.3. The number of benzene rings is 2. The van der Waals surface area contributed by atoms with Gasteiger partial charge >= 0.3 is 11.9 Å². The van der Waals surface area contributed by atoms with Crippen LogP contribution in [0.3, 0.4) is 0 Å². The Hall–Kier alpha value is -3.88. The van der Waals surface area contributed by atoms with Crippen molar-refractivity contribution in [3.8, 4) is 16.9 Å². The van der Waals surface area contributed by atoms with Crippen LogP contribution in [-0.2, 0) is 19.2 Å². The number of rotatable bonds is 6. The third-order valence-electron chi connectivity index (χ3n) is 5.07. The van der Waals surface area contributed by atoms with Gasteiger partial charge in [-0.2, -0.15) is 0 Å². The standard InChI is InChI=1S/C23H28N2O3.C2H2O4/c1-18(2)16-22(26)24-12-14-25(15-13-24)23(27)17-28-21-10-8-20(9-11-21)19-6-4-3-5-7-19;3-1(4)2(5)6/h3-11,18H,12-17H2,1-2H3;(H,3,4)(H,5,6). The summed E-state index contributed by atoms with van der Waals surface area (Å²) < 4.78 is 5.67. The van der Waals surface area contributed by atoms with Crippen molar-refractivity contribution in [1.82, 2.24) is 9.80 Å². The van der Waals surface area contributed by atoms with E-state index in [0.29, 0.717) is 44.3 Å². The molecule has 0 unspecified atom stereocenters. The molecule has 2 amide bonds. The highest BCUT2D eigenvalue weighted by atomic mass is 16.5. The van der Waals surface area contributed by atoms with Crippen LogP contribution in [0.5, 0.6) is 5.75 Å². The molecule has 9 heteroatoms. The Bertz CT molecular complexity index is 955. The number of piperazine rings is 1. The number of carbonyl (C=O) groups is 4. The van der Waals surface area contributed by atoms with Gasteiger partial charge in [0.05, 0.1) is 0 Å². The topological polar surface area (TPSA) is 124 Å². The minimum atomic E-state index is -1.82. The molecular formula is C25H30N2O7. The lowest BCUT2D eigenvalue weighted by atomic mass is 10.1. The predicted octanol–water partition coefficient (Wildman–Crippen LogP) is 2.60. The average Bonchev–Trinajstić information content (AvgIpc) is 2.83. The quantitative estimate of drug-likeness (QED) is 0.622. The molecule has 1 fully saturated rings. The fourth-order valence-corrected chi connectivity index (χ4v) is 3.29. The molecule has 2 N–H and O–H groups in total. The molecule has 182 valence electrons. The summed E-state index contributed by atoms with van der Waals surface area (Å²) in [5.41, 5.74) is 2.26. The second kappa shape index (κ2) is 13.0. The molecule has 1 aliphatic heterocycles. The molecule has 0 radical (unpaired) electrons. The fraction of sp³-hybridized carbons (Fsp3) is 0.360. The number of hydrogen-bond acceptors (Lipinski definition) is 5. The number of carboxylic acids is 2. The number of aliphatic carboxylic acids is 2. The van der Waals surface area contributed by atoms with Gasteiger partial charge in [0.2, 0.25) is 5.91 Å². The second-order valence-corrected chi connectivity index (χ2v) is 8.15. The summed E-state index contributed by atoms with van der Waals surface area (Å²) >= 11 is 0. The molecule has 34 heavy (non-hydrogen) atoms. The van der Waals surface area contributed by atoms with Gasteiger partial charge < -0.3 is 24.7 Å². The van der Waals surface area contributed by atoms with E-state index in [1.807, 2.05) is 61.2 Å². The van der Waals surface area contributed by atoms with E-state index in [-0.39, 0.29) is 18.4 Å². The Labute approximate surface area is 198 Å². The number of ether oxygens (including phenoxy) is 1. The van der Waals surface area contributed by atoms with E-state index < -0.39 is 11.9 Å². The highest BCUT2D eigenvalue weighted by Gasteiger charge is 2.24. The van der Waals surface area contributed by atoms with Gasteiger partial charge in [-0.3, -0.25) is 9.59 Å². The van der Waals surface area contributed by atoms with Crippen molar-refractivity contribution in [2.24, 2.45) is 5.92 Å². The van der Waals surface area contributed by atoms with Crippen LogP contribution < -0.4 is 4.74 Å². The summed E-state index contributed by atoms with van der Waals surface area (Å²) in [7, 11) is 0. The number of carboxylic acid groups (broad SMARTS) is 2. The molecule has 1 saturated heterocycles. The maximum Gasteiger partial charge on any atom is 0.414 e. The number of nitrogens with zero attached hydrogens (tertiary/aromatic N) is 2. The second-order valence-electron chi connectivity index (χ2n) is 8.15. The lowest BCUT2D eigenvalue weighted by Crippen LogP contribution is -2.51. The summed E-state index contributed by atoms with van der Waals surface area (Å²) in [6.07, 6.45) is 0.566. The molecule has 3 rings (SSSR count). The Morgan fingerprint density at radius 2 is 1.24 bits per heavy atom. The van der Waals surface area contributed by atoms with Gasteiger partial charge in [0.15, 0.2) is 6.61 Å². The number of hydrogen-bond donors (Lipinski definition) is 2. The van der Waals surface area contributed by atoms with Gasteiger partial charge in [-0.1, -0.05) is 56.3 Å². The van der Waals surface area contributed by atoms with Crippen LogP contribution in [0, 0.1) is 5.92 Å². The van der Waals surface area contributed by atoms with E-state index in [9.17, 15) is 9.59 Å². The highest BCUT2D eigenvalue weighted by Crippen LogP contribution is 2.22. The molecule has 0 aromatic heterocycles. The van der Waals surface area contributed by atoms with E-state index in [0.717, 1.165) is 11.1 Å². The third kappa shape index (κ3) is 8.57. The summed E-state index contributed by atoms with van der Waals surface area (Å²) in [5, 5.41) is 14.8. The van der Waals surface area contributed by atoms with Crippen LogP contribution >= 0.6 is 0 Å². The lowest BCUT2D eigenvalue weighted by Gasteiger charge is -2.35. The molecule has 1 heterocycles. The number of amides is 2. The molecule has 9 nitrogen and oxygen atoms in total. The van der Waals surface area contributed by atoms with E-state index in [4.69, 9.17) is 24.5 Å².